The summed E-state index contributed by atoms with van der Waals surface area (Å²) in [5.74, 6) is 0. The van der Waals surface area contributed by atoms with Gasteiger partial charge in [0.05, 0.1) is 0 Å². The smallest absolute Gasteiger partial charge is 0.118 e. The molecular weight excluding hydrogens is 224 g/mol. The highest BCUT2D eigenvalue weighted by Crippen LogP contribution is 2.53. The molecule has 90 valence electrons. The van der Waals surface area contributed by atoms with Gasteiger partial charge in [0.1, 0.15) is 24.4 Å². The van der Waals surface area contributed by atoms with Crippen molar-refractivity contribution < 1.29 is 9.47 Å². The van der Waals surface area contributed by atoms with Gasteiger partial charge in [-0.25, -0.2) is 0 Å². The highest BCUT2D eigenvalue weighted by molar-refractivity contribution is 5.28. The van der Waals surface area contributed by atoms with E-state index in [2.05, 4.69) is 48.5 Å². The van der Waals surface area contributed by atoms with E-state index in [9.17, 15) is 0 Å². The first-order chi connectivity index (χ1) is 8.93. The minimum absolute atomic E-state index is 0.227. The van der Waals surface area contributed by atoms with Crippen molar-refractivity contribution in [3.63, 3.8) is 0 Å². The molecule has 2 aromatic rings. The molecule has 0 saturated carbocycles. The van der Waals surface area contributed by atoms with Gasteiger partial charge in [0.25, 0.3) is 0 Å². The van der Waals surface area contributed by atoms with Crippen molar-refractivity contribution in [1.82, 2.24) is 0 Å². The first-order valence-corrected chi connectivity index (χ1v) is 6.34. The number of benzene rings is 2. The van der Waals surface area contributed by atoms with Crippen LogP contribution in [0.3, 0.4) is 0 Å². The fraction of sp³-hybridized carbons (Fsp3) is 0.250. The first-order valence-electron chi connectivity index (χ1n) is 6.34. The predicted molar refractivity (Wildman–Crippen MR) is 68.1 cm³/mol. The third-order valence-corrected chi connectivity index (χ3v) is 3.63. The van der Waals surface area contributed by atoms with Gasteiger partial charge >= 0.3 is 0 Å². The lowest BCUT2D eigenvalue weighted by atomic mass is 10.0. The Balaban J connectivity index is 1.44. The Kier molecular flexibility index (Phi) is 2.25. The largest absolute Gasteiger partial charge is 0.362 e. The van der Waals surface area contributed by atoms with Crippen LogP contribution in [0.2, 0.25) is 0 Å². The average Bonchev–Trinajstić information content (AvgIpc) is 3.32. The molecule has 0 N–H and O–H groups in total. The highest BCUT2D eigenvalue weighted by atomic mass is 16.7. The number of ether oxygens (including phenoxy) is 2. The van der Waals surface area contributed by atoms with Crippen molar-refractivity contribution in [3.8, 4) is 0 Å². The molecule has 0 aliphatic carbocycles. The summed E-state index contributed by atoms with van der Waals surface area (Å²) in [6, 6.07) is 20.7. The zero-order valence-electron chi connectivity index (χ0n) is 9.90. The Bertz CT molecular complexity index is 486. The van der Waals surface area contributed by atoms with E-state index >= 15 is 0 Å². The Hall–Kier alpha value is -1.64. The molecule has 2 heterocycles. The van der Waals surface area contributed by atoms with Gasteiger partial charge in [-0.05, 0) is 11.1 Å². The van der Waals surface area contributed by atoms with Crippen LogP contribution in [0.5, 0.6) is 0 Å². The molecule has 0 bridgehead atoms. The molecule has 2 nitrogen and oxygen atoms in total. The molecule has 18 heavy (non-hydrogen) atoms. The van der Waals surface area contributed by atoms with E-state index in [1.807, 2.05) is 12.1 Å². The van der Waals surface area contributed by atoms with E-state index < -0.39 is 0 Å². The Labute approximate surface area is 106 Å². The van der Waals surface area contributed by atoms with E-state index in [4.69, 9.17) is 9.47 Å². The number of rotatable bonds is 3. The molecule has 0 radical (unpaired) electrons. The van der Waals surface area contributed by atoms with Crippen LogP contribution in [0.4, 0.5) is 0 Å². The lowest BCUT2D eigenvalue weighted by Gasteiger charge is -1.94. The maximum atomic E-state index is 5.75. The Morgan fingerprint density at radius 2 is 0.944 bits per heavy atom. The van der Waals surface area contributed by atoms with Crippen molar-refractivity contribution in [2.75, 3.05) is 0 Å². The summed E-state index contributed by atoms with van der Waals surface area (Å²) in [6.45, 7) is 0. The van der Waals surface area contributed by atoms with Crippen LogP contribution in [-0.4, -0.2) is 12.2 Å². The van der Waals surface area contributed by atoms with Gasteiger partial charge in [-0.2, -0.15) is 0 Å². The van der Waals surface area contributed by atoms with Gasteiger partial charge < -0.3 is 9.47 Å². The molecule has 2 heteroatoms. The molecule has 4 rings (SSSR count). The molecule has 2 saturated heterocycles. The molecule has 0 unspecified atom stereocenters. The van der Waals surface area contributed by atoms with Crippen LogP contribution in [0.15, 0.2) is 60.7 Å². The maximum Gasteiger partial charge on any atom is 0.118 e. The summed E-state index contributed by atoms with van der Waals surface area (Å²) >= 11 is 0. The molecule has 0 amide bonds. The SMILES string of the molecule is c1ccc([C@@H]2O[C@@H]2[C@H]2O[C@H]2c2ccccc2)cc1. The first kappa shape index (κ1) is 10.3. The molecule has 2 aliphatic rings. The van der Waals surface area contributed by atoms with Gasteiger partial charge in [0.15, 0.2) is 0 Å². The van der Waals surface area contributed by atoms with Crippen molar-refractivity contribution >= 4 is 0 Å². The van der Waals surface area contributed by atoms with Gasteiger partial charge in [0.2, 0.25) is 0 Å². The van der Waals surface area contributed by atoms with Gasteiger partial charge in [0, 0.05) is 0 Å². The van der Waals surface area contributed by atoms with Crippen molar-refractivity contribution in [3.05, 3.63) is 71.8 Å². The molecule has 4 atom stereocenters. The minimum Gasteiger partial charge on any atom is -0.362 e. The van der Waals surface area contributed by atoms with E-state index in [1.54, 1.807) is 0 Å². The van der Waals surface area contributed by atoms with Crippen molar-refractivity contribution in [1.29, 1.82) is 0 Å². The fourth-order valence-corrected chi connectivity index (χ4v) is 2.57. The zero-order valence-corrected chi connectivity index (χ0v) is 9.90. The van der Waals surface area contributed by atoms with Gasteiger partial charge in [-0.1, -0.05) is 60.7 Å². The second-order valence-electron chi connectivity index (χ2n) is 4.86. The molecule has 2 aromatic carbocycles. The monoisotopic (exact) mass is 238 g/mol. The summed E-state index contributed by atoms with van der Waals surface area (Å²) < 4.78 is 11.5. The standard InChI is InChI=1S/C16H14O2/c1-3-7-11(8-4-1)13-15(17-13)16-14(18-16)12-9-5-2-6-10-12/h1-10,13-16H/t13-,14-,15-,16-/m0/s1. The summed E-state index contributed by atoms with van der Waals surface area (Å²) in [6.07, 6.45) is 0.921. The van der Waals surface area contributed by atoms with E-state index in [-0.39, 0.29) is 24.4 Å². The van der Waals surface area contributed by atoms with Crippen molar-refractivity contribution in [2.45, 2.75) is 24.4 Å². The van der Waals surface area contributed by atoms with Crippen LogP contribution < -0.4 is 0 Å². The summed E-state index contributed by atoms with van der Waals surface area (Å²) in [4.78, 5) is 0. The molecule has 2 fully saturated rings. The molecule has 2 aliphatic heterocycles. The molecular formula is C16H14O2. The third-order valence-electron chi connectivity index (χ3n) is 3.63. The quantitative estimate of drug-likeness (QED) is 0.767. The van der Waals surface area contributed by atoms with E-state index in [0.29, 0.717) is 0 Å². The fourth-order valence-electron chi connectivity index (χ4n) is 2.57. The zero-order chi connectivity index (χ0) is 11.9. The van der Waals surface area contributed by atoms with Crippen LogP contribution >= 0.6 is 0 Å². The van der Waals surface area contributed by atoms with Crippen LogP contribution in [-0.2, 0) is 9.47 Å². The number of hydrogen-bond donors (Lipinski definition) is 0. The van der Waals surface area contributed by atoms with Crippen LogP contribution in [0, 0.1) is 0 Å². The lowest BCUT2D eigenvalue weighted by Crippen LogP contribution is -1.99. The second kappa shape index (κ2) is 3.94. The average molecular weight is 238 g/mol. The van der Waals surface area contributed by atoms with Crippen LogP contribution in [0.25, 0.3) is 0 Å². The number of hydrogen-bond acceptors (Lipinski definition) is 2. The molecule has 0 spiro atoms. The van der Waals surface area contributed by atoms with Gasteiger partial charge in [-0.15, -0.1) is 0 Å². The maximum absolute atomic E-state index is 5.75. The summed E-state index contributed by atoms with van der Waals surface area (Å²) in [5.41, 5.74) is 2.51. The lowest BCUT2D eigenvalue weighted by molar-refractivity contribution is 0.309. The highest BCUT2D eigenvalue weighted by Gasteiger charge is 2.58. The minimum atomic E-state index is 0.227. The Morgan fingerprint density at radius 1 is 0.556 bits per heavy atom. The van der Waals surface area contributed by atoms with E-state index in [1.165, 1.54) is 11.1 Å². The van der Waals surface area contributed by atoms with Crippen LogP contribution in [0.1, 0.15) is 23.3 Å². The molecule has 0 aromatic heterocycles. The topological polar surface area (TPSA) is 25.1 Å². The second-order valence-corrected chi connectivity index (χ2v) is 4.86. The van der Waals surface area contributed by atoms with Crippen molar-refractivity contribution in [2.24, 2.45) is 0 Å². The van der Waals surface area contributed by atoms with Gasteiger partial charge in [-0.3, -0.25) is 0 Å². The normalized spacial score (nSPS) is 33.1. The predicted octanol–water partition coefficient (Wildman–Crippen LogP) is 3.27. The third kappa shape index (κ3) is 1.74. The summed E-state index contributed by atoms with van der Waals surface area (Å²) in [7, 11) is 0. The number of epoxide rings is 2. The van der Waals surface area contributed by atoms with E-state index in [0.717, 1.165) is 0 Å². The Morgan fingerprint density at radius 3 is 1.33 bits per heavy atom. The summed E-state index contributed by atoms with van der Waals surface area (Å²) in [5, 5.41) is 0.